The van der Waals surface area contributed by atoms with E-state index in [-0.39, 0.29) is 23.2 Å². The van der Waals surface area contributed by atoms with Crippen molar-refractivity contribution in [1.29, 1.82) is 0 Å². The minimum absolute atomic E-state index is 0.0115. The van der Waals surface area contributed by atoms with Crippen molar-refractivity contribution in [2.45, 2.75) is 38.8 Å². The number of methoxy groups -OCH3 is 1. The lowest BCUT2D eigenvalue weighted by Crippen LogP contribution is -2.41. The molecule has 8 heteroatoms. The van der Waals surface area contributed by atoms with E-state index in [0.29, 0.717) is 6.42 Å². The SMILES string of the molecule is C=CCCC(C)OC(=O)[C@H](C)NC(=O)c1nccc(OC)c1NO. The molecule has 0 bridgehead atoms. The van der Waals surface area contributed by atoms with Gasteiger partial charge in [-0.1, -0.05) is 6.08 Å². The third kappa shape index (κ3) is 5.24. The van der Waals surface area contributed by atoms with Gasteiger partial charge in [-0.3, -0.25) is 15.5 Å². The number of carbonyl (C=O) groups is 2. The molecule has 2 atom stereocenters. The Balaban J connectivity index is 2.73. The first-order chi connectivity index (χ1) is 11.4. The van der Waals surface area contributed by atoms with Crippen LogP contribution in [-0.2, 0) is 9.53 Å². The minimum Gasteiger partial charge on any atom is -0.494 e. The third-order valence-electron chi connectivity index (χ3n) is 3.26. The second kappa shape index (κ2) is 9.51. The number of allylic oxidation sites excluding steroid dienone is 1. The number of anilines is 1. The number of pyridine rings is 1. The van der Waals surface area contributed by atoms with Crippen LogP contribution in [-0.4, -0.2) is 41.3 Å². The van der Waals surface area contributed by atoms with Gasteiger partial charge in [0, 0.05) is 12.3 Å². The van der Waals surface area contributed by atoms with Crippen molar-refractivity contribution >= 4 is 17.6 Å². The molecule has 1 heterocycles. The quantitative estimate of drug-likeness (QED) is 0.359. The number of aromatic nitrogens is 1. The smallest absolute Gasteiger partial charge is 0.328 e. The molecular weight excluding hydrogens is 314 g/mol. The number of hydrogen-bond acceptors (Lipinski definition) is 7. The summed E-state index contributed by atoms with van der Waals surface area (Å²) in [6, 6.07) is 0.608. The van der Waals surface area contributed by atoms with Gasteiger partial charge < -0.3 is 14.8 Å². The average Bonchev–Trinajstić information content (AvgIpc) is 2.58. The fourth-order valence-corrected chi connectivity index (χ4v) is 1.93. The molecule has 0 aliphatic carbocycles. The summed E-state index contributed by atoms with van der Waals surface area (Å²) in [6.07, 6.45) is 4.21. The van der Waals surface area contributed by atoms with Crippen LogP contribution in [0.5, 0.6) is 5.75 Å². The number of esters is 1. The van der Waals surface area contributed by atoms with E-state index >= 15 is 0 Å². The lowest BCUT2D eigenvalue weighted by atomic mass is 10.2. The van der Waals surface area contributed by atoms with E-state index in [4.69, 9.17) is 9.47 Å². The summed E-state index contributed by atoms with van der Waals surface area (Å²) >= 11 is 0. The van der Waals surface area contributed by atoms with Crippen LogP contribution in [0.1, 0.15) is 37.2 Å². The molecule has 8 nitrogen and oxygen atoms in total. The van der Waals surface area contributed by atoms with Gasteiger partial charge in [-0.15, -0.1) is 6.58 Å². The van der Waals surface area contributed by atoms with Crippen LogP contribution in [0.15, 0.2) is 24.9 Å². The highest BCUT2D eigenvalue weighted by atomic mass is 16.5. The Bertz CT molecular complexity index is 591. The van der Waals surface area contributed by atoms with E-state index in [1.807, 2.05) is 5.48 Å². The summed E-state index contributed by atoms with van der Waals surface area (Å²) in [6.45, 7) is 6.89. The molecule has 1 unspecified atom stereocenters. The van der Waals surface area contributed by atoms with E-state index < -0.39 is 17.9 Å². The summed E-state index contributed by atoms with van der Waals surface area (Å²) in [7, 11) is 1.39. The molecule has 0 aromatic carbocycles. The monoisotopic (exact) mass is 337 g/mol. The highest BCUT2D eigenvalue weighted by Gasteiger charge is 2.23. The van der Waals surface area contributed by atoms with Crippen LogP contribution in [0.25, 0.3) is 0 Å². The Kier molecular flexibility index (Phi) is 7.70. The average molecular weight is 337 g/mol. The van der Waals surface area contributed by atoms with Gasteiger partial charge in [-0.2, -0.15) is 0 Å². The van der Waals surface area contributed by atoms with E-state index in [0.717, 1.165) is 6.42 Å². The number of ether oxygens (including phenoxy) is 2. The summed E-state index contributed by atoms with van der Waals surface area (Å²) in [5, 5.41) is 11.7. The van der Waals surface area contributed by atoms with Crippen molar-refractivity contribution in [2.24, 2.45) is 0 Å². The van der Waals surface area contributed by atoms with Gasteiger partial charge >= 0.3 is 5.97 Å². The molecule has 0 saturated carbocycles. The molecule has 0 radical (unpaired) electrons. The van der Waals surface area contributed by atoms with Crippen LogP contribution in [0.2, 0.25) is 0 Å². The fraction of sp³-hybridized carbons (Fsp3) is 0.438. The van der Waals surface area contributed by atoms with Crippen molar-refractivity contribution in [3.63, 3.8) is 0 Å². The van der Waals surface area contributed by atoms with Crippen LogP contribution in [0.3, 0.4) is 0 Å². The first-order valence-corrected chi connectivity index (χ1v) is 7.49. The first kappa shape index (κ1) is 19.4. The predicted molar refractivity (Wildman–Crippen MR) is 88.1 cm³/mol. The van der Waals surface area contributed by atoms with Gasteiger partial charge in [0.25, 0.3) is 5.91 Å². The second-order valence-electron chi connectivity index (χ2n) is 5.16. The van der Waals surface area contributed by atoms with Crippen molar-refractivity contribution < 1.29 is 24.3 Å². The topological polar surface area (TPSA) is 110 Å². The zero-order chi connectivity index (χ0) is 18.1. The normalized spacial score (nSPS) is 12.7. The van der Waals surface area contributed by atoms with Gasteiger partial charge in [-0.05, 0) is 26.7 Å². The maximum atomic E-state index is 12.3. The van der Waals surface area contributed by atoms with Gasteiger partial charge in [0.1, 0.15) is 17.5 Å². The van der Waals surface area contributed by atoms with Gasteiger partial charge in [0.05, 0.1) is 13.2 Å². The molecule has 1 aromatic rings. The number of carbonyl (C=O) groups excluding carboxylic acids is 2. The maximum absolute atomic E-state index is 12.3. The number of nitrogens with one attached hydrogen (secondary N) is 2. The zero-order valence-corrected chi connectivity index (χ0v) is 14.0. The molecule has 0 fully saturated rings. The summed E-state index contributed by atoms with van der Waals surface area (Å²) < 4.78 is 10.3. The predicted octanol–water partition coefficient (Wildman–Crippen LogP) is 1.91. The number of amides is 1. The van der Waals surface area contributed by atoms with Crippen molar-refractivity contribution in [3.8, 4) is 5.75 Å². The standard InChI is InChI=1S/C16H23N3O5/c1-5-6-7-10(2)24-16(21)11(3)18-15(20)14-13(19-22)12(23-4)8-9-17-14/h5,8-11,19,22H,1,6-7H2,2-4H3,(H,18,20)/t10?,11-/m0/s1. The second-order valence-corrected chi connectivity index (χ2v) is 5.16. The van der Waals surface area contributed by atoms with E-state index in [2.05, 4.69) is 16.9 Å². The Morgan fingerprint density at radius 1 is 1.46 bits per heavy atom. The third-order valence-corrected chi connectivity index (χ3v) is 3.26. The first-order valence-electron chi connectivity index (χ1n) is 7.49. The largest absolute Gasteiger partial charge is 0.494 e. The van der Waals surface area contributed by atoms with E-state index in [1.54, 1.807) is 13.0 Å². The van der Waals surface area contributed by atoms with Crippen molar-refractivity contribution in [1.82, 2.24) is 10.3 Å². The lowest BCUT2D eigenvalue weighted by molar-refractivity contribution is -0.150. The molecule has 1 aromatic heterocycles. The lowest BCUT2D eigenvalue weighted by Gasteiger charge is -2.18. The molecule has 132 valence electrons. The summed E-state index contributed by atoms with van der Waals surface area (Å²) in [5.74, 6) is -0.958. The summed E-state index contributed by atoms with van der Waals surface area (Å²) in [4.78, 5) is 28.1. The zero-order valence-electron chi connectivity index (χ0n) is 14.0. The van der Waals surface area contributed by atoms with Crippen LogP contribution >= 0.6 is 0 Å². The van der Waals surface area contributed by atoms with Crippen molar-refractivity contribution in [2.75, 3.05) is 12.6 Å². The van der Waals surface area contributed by atoms with E-state index in [1.165, 1.54) is 26.3 Å². The molecular formula is C16H23N3O5. The Labute approximate surface area is 140 Å². The Morgan fingerprint density at radius 2 is 2.17 bits per heavy atom. The summed E-state index contributed by atoms with van der Waals surface area (Å²) in [5.41, 5.74) is 1.79. The van der Waals surface area contributed by atoms with Crippen molar-refractivity contribution in [3.05, 3.63) is 30.6 Å². The highest BCUT2D eigenvalue weighted by molar-refractivity contribution is 6.00. The highest BCUT2D eigenvalue weighted by Crippen LogP contribution is 2.25. The molecule has 0 spiro atoms. The number of hydrogen-bond donors (Lipinski definition) is 3. The van der Waals surface area contributed by atoms with Crippen LogP contribution in [0.4, 0.5) is 5.69 Å². The molecule has 0 saturated heterocycles. The Morgan fingerprint density at radius 3 is 2.75 bits per heavy atom. The van der Waals surface area contributed by atoms with Gasteiger partial charge in [0.15, 0.2) is 5.69 Å². The number of nitrogens with zero attached hydrogens (tertiary/aromatic N) is 1. The van der Waals surface area contributed by atoms with Gasteiger partial charge in [-0.25, -0.2) is 9.78 Å². The molecule has 1 amide bonds. The molecule has 3 N–H and O–H groups in total. The molecule has 0 aliphatic heterocycles. The number of rotatable bonds is 9. The fourth-order valence-electron chi connectivity index (χ4n) is 1.93. The molecule has 0 aliphatic rings. The van der Waals surface area contributed by atoms with E-state index in [9.17, 15) is 14.8 Å². The van der Waals surface area contributed by atoms with Crippen LogP contribution in [0, 0.1) is 0 Å². The van der Waals surface area contributed by atoms with Gasteiger partial charge in [0.2, 0.25) is 0 Å². The molecule has 24 heavy (non-hydrogen) atoms. The minimum atomic E-state index is -0.872. The van der Waals surface area contributed by atoms with Crippen LogP contribution < -0.4 is 15.5 Å². The maximum Gasteiger partial charge on any atom is 0.328 e. The molecule has 1 rings (SSSR count). The Hall–Kier alpha value is -2.61.